The summed E-state index contributed by atoms with van der Waals surface area (Å²) in [7, 11) is 1.62. The van der Waals surface area contributed by atoms with Crippen LogP contribution in [-0.2, 0) is 0 Å². The highest BCUT2D eigenvalue weighted by Crippen LogP contribution is 2.32. The van der Waals surface area contributed by atoms with Crippen molar-refractivity contribution >= 4 is 28.5 Å². The normalized spacial score (nSPS) is 10.9. The Hall–Kier alpha value is -2.14. The number of rotatable bonds is 3. The molecule has 0 radical (unpaired) electrons. The Morgan fingerprint density at radius 1 is 1.20 bits per heavy atom. The number of methoxy groups -OCH3 is 1. The fourth-order valence-corrected chi connectivity index (χ4v) is 2.85. The molecule has 20 heavy (non-hydrogen) atoms. The number of anilines is 1. The number of nitrogens with one attached hydrogen (secondary N) is 1. The lowest BCUT2D eigenvalue weighted by Gasteiger charge is -2.05. The van der Waals surface area contributed by atoms with E-state index in [0.29, 0.717) is 11.4 Å². The summed E-state index contributed by atoms with van der Waals surface area (Å²) in [5.74, 6) is 0.682. The van der Waals surface area contributed by atoms with Gasteiger partial charge in [-0.05, 0) is 42.8 Å². The second-order valence-corrected chi connectivity index (χ2v) is 5.63. The van der Waals surface area contributed by atoms with E-state index in [1.807, 2.05) is 24.3 Å². The molecule has 0 atom stereocenters. The van der Waals surface area contributed by atoms with Crippen LogP contribution in [-0.4, -0.2) is 17.1 Å². The maximum atomic E-state index is 5.81. The minimum absolute atomic E-state index is 0.636. The quantitative estimate of drug-likeness (QED) is 0.721. The van der Waals surface area contributed by atoms with E-state index in [-0.39, 0.29) is 0 Å². The van der Waals surface area contributed by atoms with Crippen molar-refractivity contribution in [3.63, 3.8) is 0 Å². The Balaban J connectivity index is 1.92. The van der Waals surface area contributed by atoms with Crippen LogP contribution in [0.2, 0.25) is 0 Å². The number of nitrogen functional groups attached to an aromatic ring is 1. The summed E-state index contributed by atoms with van der Waals surface area (Å²) >= 11 is 1.56. The Labute approximate surface area is 121 Å². The summed E-state index contributed by atoms with van der Waals surface area (Å²) in [4.78, 5) is 8.91. The number of fused-ring (bicyclic) bond motifs is 1. The van der Waals surface area contributed by atoms with Crippen LogP contribution < -0.4 is 10.5 Å². The van der Waals surface area contributed by atoms with Gasteiger partial charge in [0.1, 0.15) is 5.75 Å². The van der Waals surface area contributed by atoms with Crippen molar-refractivity contribution in [2.24, 2.45) is 0 Å². The lowest BCUT2D eigenvalue weighted by atomic mass is 10.2. The molecule has 0 bridgehead atoms. The summed E-state index contributed by atoms with van der Waals surface area (Å²) in [6.07, 6.45) is 0. The zero-order valence-electron chi connectivity index (χ0n) is 11.3. The van der Waals surface area contributed by atoms with E-state index >= 15 is 0 Å². The lowest BCUT2D eigenvalue weighted by molar-refractivity contribution is 0.416. The monoisotopic (exact) mass is 285 g/mol. The van der Waals surface area contributed by atoms with Crippen LogP contribution in [0.25, 0.3) is 11.0 Å². The van der Waals surface area contributed by atoms with Gasteiger partial charge in [-0.1, -0.05) is 17.8 Å². The van der Waals surface area contributed by atoms with Gasteiger partial charge in [0.15, 0.2) is 5.16 Å². The smallest absolute Gasteiger partial charge is 0.171 e. The van der Waals surface area contributed by atoms with Crippen LogP contribution in [0.15, 0.2) is 46.5 Å². The van der Waals surface area contributed by atoms with E-state index < -0.39 is 0 Å². The number of aryl methyl sites for hydroxylation is 1. The van der Waals surface area contributed by atoms with Crippen molar-refractivity contribution in [1.29, 1.82) is 0 Å². The first kappa shape index (κ1) is 12.9. The topological polar surface area (TPSA) is 63.9 Å². The zero-order chi connectivity index (χ0) is 14.1. The van der Waals surface area contributed by atoms with Gasteiger partial charge in [0.25, 0.3) is 0 Å². The van der Waals surface area contributed by atoms with E-state index in [2.05, 4.69) is 29.0 Å². The zero-order valence-corrected chi connectivity index (χ0v) is 12.1. The number of nitrogens with zero attached hydrogens (tertiary/aromatic N) is 1. The number of nitrogens with two attached hydrogens (primary N) is 1. The van der Waals surface area contributed by atoms with Gasteiger partial charge in [0.05, 0.1) is 23.8 Å². The van der Waals surface area contributed by atoms with Crippen molar-refractivity contribution in [3.8, 4) is 5.75 Å². The van der Waals surface area contributed by atoms with Crippen LogP contribution in [0.3, 0.4) is 0 Å². The number of aromatic nitrogens is 2. The van der Waals surface area contributed by atoms with Crippen LogP contribution in [0.4, 0.5) is 5.69 Å². The van der Waals surface area contributed by atoms with E-state index in [1.54, 1.807) is 18.9 Å². The molecule has 0 saturated heterocycles. The molecule has 0 aliphatic carbocycles. The van der Waals surface area contributed by atoms with E-state index in [1.165, 1.54) is 5.56 Å². The summed E-state index contributed by atoms with van der Waals surface area (Å²) in [5, 5.41) is 0.859. The molecule has 3 N–H and O–H groups in total. The maximum absolute atomic E-state index is 5.81. The van der Waals surface area contributed by atoms with Crippen LogP contribution in [0.1, 0.15) is 5.56 Å². The number of hydrogen-bond acceptors (Lipinski definition) is 4. The van der Waals surface area contributed by atoms with Crippen molar-refractivity contribution in [1.82, 2.24) is 9.97 Å². The molecule has 1 heterocycles. The fraction of sp³-hybridized carbons (Fsp3) is 0.133. The van der Waals surface area contributed by atoms with Gasteiger partial charge >= 0.3 is 0 Å². The molecular weight excluding hydrogens is 270 g/mol. The van der Waals surface area contributed by atoms with Gasteiger partial charge in [0, 0.05) is 4.90 Å². The maximum Gasteiger partial charge on any atom is 0.171 e. The largest absolute Gasteiger partial charge is 0.495 e. The first-order valence-corrected chi connectivity index (χ1v) is 7.05. The molecule has 4 nitrogen and oxygen atoms in total. The highest BCUT2D eigenvalue weighted by Gasteiger charge is 2.07. The van der Waals surface area contributed by atoms with E-state index in [4.69, 9.17) is 10.5 Å². The highest BCUT2D eigenvalue weighted by molar-refractivity contribution is 7.99. The lowest BCUT2D eigenvalue weighted by Crippen LogP contribution is -1.91. The number of ether oxygens (including phenoxy) is 1. The number of imidazole rings is 1. The van der Waals surface area contributed by atoms with Crippen LogP contribution >= 0.6 is 11.8 Å². The highest BCUT2D eigenvalue weighted by atomic mass is 32.2. The first-order chi connectivity index (χ1) is 9.65. The number of aromatic amines is 1. The molecule has 0 aliphatic rings. The molecular formula is C15H15N3OS. The molecule has 0 fully saturated rings. The first-order valence-electron chi connectivity index (χ1n) is 6.23. The van der Waals surface area contributed by atoms with E-state index in [0.717, 1.165) is 21.1 Å². The van der Waals surface area contributed by atoms with Crippen LogP contribution in [0.5, 0.6) is 5.75 Å². The molecule has 3 aromatic rings. The fourth-order valence-electron chi connectivity index (χ4n) is 2.01. The van der Waals surface area contributed by atoms with Gasteiger partial charge < -0.3 is 15.5 Å². The molecule has 0 saturated carbocycles. The molecule has 0 spiro atoms. The average Bonchev–Trinajstić information content (AvgIpc) is 2.82. The Bertz CT molecular complexity index is 767. The van der Waals surface area contributed by atoms with Crippen LogP contribution in [0, 0.1) is 6.92 Å². The third-order valence-corrected chi connectivity index (χ3v) is 3.91. The average molecular weight is 285 g/mol. The number of H-pyrrole nitrogens is 1. The van der Waals surface area contributed by atoms with Crippen molar-refractivity contribution in [2.45, 2.75) is 17.0 Å². The third-order valence-electron chi connectivity index (χ3n) is 3.04. The molecule has 0 unspecified atom stereocenters. The van der Waals surface area contributed by atoms with Gasteiger partial charge in [-0.15, -0.1) is 0 Å². The van der Waals surface area contributed by atoms with Gasteiger partial charge in [-0.3, -0.25) is 0 Å². The molecule has 2 aromatic carbocycles. The third kappa shape index (κ3) is 2.44. The summed E-state index contributed by atoms with van der Waals surface area (Å²) < 4.78 is 5.23. The summed E-state index contributed by atoms with van der Waals surface area (Å²) in [6.45, 7) is 2.07. The van der Waals surface area contributed by atoms with Crippen molar-refractivity contribution in [2.75, 3.05) is 12.8 Å². The Morgan fingerprint density at radius 2 is 2.05 bits per heavy atom. The Kier molecular flexibility index (Phi) is 3.28. The van der Waals surface area contributed by atoms with E-state index in [9.17, 15) is 0 Å². The molecule has 0 aliphatic heterocycles. The SMILES string of the molecule is COc1cc(Sc2nc3ccc(C)cc3[nH]2)ccc1N. The number of hydrogen-bond donors (Lipinski definition) is 2. The predicted molar refractivity (Wildman–Crippen MR) is 82.4 cm³/mol. The standard InChI is InChI=1S/C15H15N3OS/c1-9-3-6-12-13(7-9)18-15(17-12)20-10-4-5-11(16)14(8-10)19-2/h3-8H,16H2,1-2H3,(H,17,18). The van der Waals surface area contributed by atoms with Crippen molar-refractivity contribution in [3.05, 3.63) is 42.0 Å². The molecule has 102 valence electrons. The number of benzene rings is 2. The molecule has 3 rings (SSSR count). The minimum atomic E-state index is 0.636. The second-order valence-electron chi connectivity index (χ2n) is 4.57. The molecule has 0 amide bonds. The van der Waals surface area contributed by atoms with Gasteiger partial charge in [0.2, 0.25) is 0 Å². The predicted octanol–water partition coefficient (Wildman–Crippen LogP) is 3.61. The summed E-state index contributed by atoms with van der Waals surface area (Å²) in [5.41, 5.74) is 9.69. The Morgan fingerprint density at radius 3 is 2.85 bits per heavy atom. The van der Waals surface area contributed by atoms with Gasteiger partial charge in [-0.2, -0.15) is 0 Å². The molecule has 5 heteroatoms. The van der Waals surface area contributed by atoms with Crippen molar-refractivity contribution < 1.29 is 4.74 Å². The summed E-state index contributed by atoms with van der Waals surface area (Å²) in [6, 6.07) is 11.9. The second kappa shape index (κ2) is 5.09. The molecule has 1 aromatic heterocycles. The van der Waals surface area contributed by atoms with Gasteiger partial charge in [-0.25, -0.2) is 4.98 Å². The minimum Gasteiger partial charge on any atom is -0.495 e.